The normalized spacial score (nSPS) is 29.5. The van der Waals surface area contributed by atoms with Gasteiger partial charge in [0.1, 0.15) is 0 Å². The van der Waals surface area contributed by atoms with E-state index >= 15 is 0 Å². The third kappa shape index (κ3) is 2.82. The SMILES string of the molecule is CC1(C)CCCCC(C)(C)N1. The Bertz CT molecular complexity index is 120. The van der Waals surface area contributed by atoms with Gasteiger partial charge in [-0.1, -0.05) is 12.8 Å². The number of hydrogen-bond donors (Lipinski definition) is 1. The molecule has 1 heterocycles. The minimum atomic E-state index is 0.347. The summed E-state index contributed by atoms with van der Waals surface area (Å²) < 4.78 is 0. The van der Waals surface area contributed by atoms with Crippen LogP contribution in [0.5, 0.6) is 0 Å². The van der Waals surface area contributed by atoms with E-state index in [0.717, 1.165) is 0 Å². The Kier molecular flexibility index (Phi) is 2.29. The minimum Gasteiger partial charge on any atom is -0.307 e. The Labute approximate surface area is 70.6 Å². The third-order valence-electron chi connectivity index (χ3n) is 2.53. The Morgan fingerprint density at radius 2 is 1.18 bits per heavy atom. The summed E-state index contributed by atoms with van der Waals surface area (Å²) in [4.78, 5) is 0. The summed E-state index contributed by atoms with van der Waals surface area (Å²) in [5.41, 5.74) is 0.694. The topological polar surface area (TPSA) is 12.0 Å². The first kappa shape index (κ1) is 9.05. The van der Waals surface area contributed by atoms with Crippen molar-refractivity contribution in [3.8, 4) is 0 Å². The molecule has 0 aliphatic carbocycles. The maximum atomic E-state index is 3.69. The van der Waals surface area contributed by atoms with E-state index in [0.29, 0.717) is 11.1 Å². The van der Waals surface area contributed by atoms with Crippen molar-refractivity contribution in [1.82, 2.24) is 5.32 Å². The van der Waals surface area contributed by atoms with Crippen molar-refractivity contribution in [3.05, 3.63) is 0 Å². The van der Waals surface area contributed by atoms with Gasteiger partial charge in [0, 0.05) is 11.1 Å². The summed E-state index contributed by atoms with van der Waals surface area (Å²) in [5.74, 6) is 0. The summed E-state index contributed by atoms with van der Waals surface area (Å²) in [6, 6.07) is 0. The van der Waals surface area contributed by atoms with Gasteiger partial charge in [-0.05, 0) is 40.5 Å². The molecule has 0 unspecified atom stereocenters. The maximum Gasteiger partial charge on any atom is 0.0130 e. The fraction of sp³-hybridized carbons (Fsp3) is 1.00. The van der Waals surface area contributed by atoms with Crippen molar-refractivity contribution in [2.75, 3.05) is 0 Å². The second kappa shape index (κ2) is 2.78. The average molecular weight is 155 g/mol. The summed E-state index contributed by atoms with van der Waals surface area (Å²) in [7, 11) is 0. The van der Waals surface area contributed by atoms with Crippen molar-refractivity contribution in [2.24, 2.45) is 0 Å². The molecule has 66 valence electrons. The van der Waals surface area contributed by atoms with E-state index in [-0.39, 0.29) is 0 Å². The number of nitrogens with one attached hydrogen (secondary N) is 1. The molecule has 1 rings (SSSR count). The molecule has 1 aliphatic rings. The van der Waals surface area contributed by atoms with Crippen LogP contribution in [0.1, 0.15) is 53.4 Å². The Morgan fingerprint density at radius 3 is 1.55 bits per heavy atom. The highest BCUT2D eigenvalue weighted by Gasteiger charge is 2.29. The van der Waals surface area contributed by atoms with Gasteiger partial charge in [-0.2, -0.15) is 0 Å². The van der Waals surface area contributed by atoms with Crippen LogP contribution in [-0.4, -0.2) is 11.1 Å². The van der Waals surface area contributed by atoms with Gasteiger partial charge in [0.05, 0.1) is 0 Å². The molecule has 11 heavy (non-hydrogen) atoms. The molecule has 1 N–H and O–H groups in total. The van der Waals surface area contributed by atoms with Crippen LogP contribution in [0.25, 0.3) is 0 Å². The minimum absolute atomic E-state index is 0.347. The van der Waals surface area contributed by atoms with E-state index in [4.69, 9.17) is 0 Å². The van der Waals surface area contributed by atoms with Gasteiger partial charge in [0.2, 0.25) is 0 Å². The molecule has 1 heteroatoms. The van der Waals surface area contributed by atoms with Gasteiger partial charge >= 0.3 is 0 Å². The zero-order valence-corrected chi connectivity index (χ0v) is 8.33. The molecule has 1 nitrogen and oxygen atoms in total. The molecule has 0 amide bonds. The summed E-state index contributed by atoms with van der Waals surface area (Å²) >= 11 is 0. The molecular weight excluding hydrogens is 134 g/mol. The Morgan fingerprint density at radius 1 is 0.818 bits per heavy atom. The van der Waals surface area contributed by atoms with Gasteiger partial charge in [0.25, 0.3) is 0 Å². The lowest BCUT2D eigenvalue weighted by atomic mass is 9.96. The molecule has 1 aliphatic heterocycles. The molecule has 0 radical (unpaired) electrons. The highest BCUT2D eigenvalue weighted by molar-refractivity contribution is 4.90. The fourth-order valence-electron chi connectivity index (χ4n) is 2.17. The van der Waals surface area contributed by atoms with E-state index in [9.17, 15) is 0 Å². The lowest BCUT2D eigenvalue weighted by Crippen LogP contribution is -2.50. The number of hydrogen-bond acceptors (Lipinski definition) is 1. The van der Waals surface area contributed by atoms with Crippen molar-refractivity contribution in [1.29, 1.82) is 0 Å². The van der Waals surface area contributed by atoms with Crippen molar-refractivity contribution >= 4 is 0 Å². The standard InChI is InChI=1S/C10H21N/c1-9(2)7-5-6-8-10(3,4)11-9/h11H,5-8H2,1-4H3. The first-order valence-electron chi connectivity index (χ1n) is 4.71. The molecule has 0 aromatic carbocycles. The van der Waals surface area contributed by atoms with E-state index in [2.05, 4.69) is 33.0 Å². The van der Waals surface area contributed by atoms with Crippen LogP contribution in [0.4, 0.5) is 0 Å². The Balaban J connectivity index is 2.62. The lowest BCUT2D eigenvalue weighted by molar-refractivity contribution is 0.269. The largest absolute Gasteiger partial charge is 0.307 e. The van der Waals surface area contributed by atoms with Crippen LogP contribution in [0.3, 0.4) is 0 Å². The van der Waals surface area contributed by atoms with Crippen LogP contribution in [-0.2, 0) is 0 Å². The Hall–Kier alpha value is -0.0400. The second-order valence-corrected chi connectivity index (χ2v) is 5.10. The molecule has 0 aromatic heterocycles. The molecule has 0 aromatic rings. The van der Waals surface area contributed by atoms with Crippen LogP contribution < -0.4 is 5.32 Å². The monoisotopic (exact) mass is 155 g/mol. The van der Waals surface area contributed by atoms with Gasteiger partial charge in [-0.15, -0.1) is 0 Å². The van der Waals surface area contributed by atoms with E-state index < -0.39 is 0 Å². The quantitative estimate of drug-likeness (QED) is 0.567. The van der Waals surface area contributed by atoms with E-state index in [1.807, 2.05) is 0 Å². The average Bonchev–Trinajstić information content (AvgIpc) is 1.86. The highest BCUT2D eigenvalue weighted by Crippen LogP contribution is 2.26. The zero-order chi connectivity index (χ0) is 8.54. The molecule has 0 spiro atoms. The first-order chi connectivity index (χ1) is 4.91. The molecular formula is C10H21N. The predicted molar refractivity (Wildman–Crippen MR) is 49.8 cm³/mol. The predicted octanol–water partition coefficient (Wildman–Crippen LogP) is 2.71. The van der Waals surface area contributed by atoms with Gasteiger partial charge < -0.3 is 5.32 Å². The molecule has 1 fully saturated rings. The van der Waals surface area contributed by atoms with Gasteiger partial charge in [0.15, 0.2) is 0 Å². The zero-order valence-electron chi connectivity index (χ0n) is 8.33. The van der Waals surface area contributed by atoms with Crippen molar-refractivity contribution in [3.63, 3.8) is 0 Å². The lowest BCUT2D eigenvalue weighted by Gasteiger charge is -2.34. The van der Waals surface area contributed by atoms with Crippen LogP contribution in [0.2, 0.25) is 0 Å². The molecule has 0 bridgehead atoms. The van der Waals surface area contributed by atoms with E-state index in [1.54, 1.807) is 0 Å². The summed E-state index contributed by atoms with van der Waals surface area (Å²) in [6.07, 6.45) is 5.39. The molecule has 0 atom stereocenters. The van der Waals surface area contributed by atoms with Crippen LogP contribution in [0, 0.1) is 0 Å². The van der Waals surface area contributed by atoms with Gasteiger partial charge in [-0.25, -0.2) is 0 Å². The third-order valence-corrected chi connectivity index (χ3v) is 2.53. The summed E-state index contributed by atoms with van der Waals surface area (Å²) in [5, 5.41) is 3.69. The van der Waals surface area contributed by atoms with Gasteiger partial charge in [-0.3, -0.25) is 0 Å². The second-order valence-electron chi connectivity index (χ2n) is 5.10. The molecule has 1 saturated heterocycles. The van der Waals surface area contributed by atoms with Crippen molar-refractivity contribution < 1.29 is 0 Å². The van der Waals surface area contributed by atoms with E-state index in [1.165, 1.54) is 25.7 Å². The number of rotatable bonds is 0. The maximum absolute atomic E-state index is 3.69. The fourth-order valence-corrected chi connectivity index (χ4v) is 2.17. The van der Waals surface area contributed by atoms with Crippen LogP contribution in [0.15, 0.2) is 0 Å². The van der Waals surface area contributed by atoms with Crippen molar-refractivity contribution in [2.45, 2.75) is 64.5 Å². The highest BCUT2D eigenvalue weighted by atomic mass is 15.0. The smallest absolute Gasteiger partial charge is 0.0130 e. The molecule has 0 saturated carbocycles. The van der Waals surface area contributed by atoms with Crippen LogP contribution >= 0.6 is 0 Å². The first-order valence-corrected chi connectivity index (χ1v) is 4.71. The summed E-state index contributed by atoms with van der Waals surface area (Å²) in [6.45, 7) is 9.22.